The number of pyridine rings is 1. The van der Waals surface area contributed by atoms with Crippen LogP contribution < -0.4 is 0 Å². The van der Waals surface area contributed by atoms with Crippen molar-refractivity contribution in [3.63, 3.8) is 0 Å². The van der Waals surface area contributed by atoms with Crippen LogP contribution in [-0.4, -0.2) is 15.7 Å². The summed E-state index contributed by atoms with van der Waals surface area (Å²) in [5.41, 5.74) is 1.78. The van der Waals surface area contributed by atoms with E-state index >= 15 is 0 Å². The lowest BCUT2D eigenvalue weighted by Crippen LogP contribution is -1.88. The highest BCUT2D eigenvalue weighted by Crippen LogP contribution is 2.16. The molecular formula is C9H7ClN2O. The Morgan fingerprint density at radius 1 is 1.62 bits per heavy atom. The molecule has 0 saturated carbocycles. The van der Waals surface area contributed by atoms with Crippen molar-refractivity contribution in [1.29, 1.82) is 0 Å². The molecule has 0 unspecified atom stereocenters. The molecule has 0 saturated heterocycles. The van der Waals surface area contributed by atoms with Crippen LogP contribution in [0.3, 0.4) is 0 Å². The second-order valence-electron chi connectivity index (χ2n) is 2.73. The maximum atomic E-state index is 10.3. The van der Waals surface area contributed by atoms with Crippen LogP contribution in [0.4, 0.5) is 0 Å². The monoisotopic (exact) mass is 194 g/mol. The van der Waals surface area contributed by atoms with Gasteiger partial charge in [-0.1, -0.05) is 11.6 Å². The van der Waals surface area contributed by atoms with Gasteiger partial charge in [0.2, 0.25) is 0 Å². The SMILES string of the molecule is O=CCc1ccn2cnc(Cl)c2c1. The highest BCUT2D eigenvalue weighted by molar-refractivity contribution is 6.32. The van der Waals surface area contributed by atoms with Crippen LogP contribution in [0.5, 0.6) is 0 Å². The minimum Gasteiger partial charge on any atom is -0.305 e. The summed E-state index contributed by atoms with van der Waals surface area (Å²) in [6, 6.07) is 3.74. The van der Waals surface area contributed by atoms with Crippen LogP contribution in [-0.2, 0) is 11.2 Å². The number of halogens is 1. The second-order valence-corrected chi connectivity index (χ2v) is 3.09. The summed E-state index contributed by atoms with van der Waals surface area (Å²) in [7, 11) is 0. The largest absolute Gasteiger partial charge is 0.305 e. The second kappa shape index (κ2) is 3.18. The number of nitrogens with zero attached hydrogens (tertiary/aromatic N) is 2. The van der Waals surface area contributed by atoms with Crippen LogP contribution >= 0.6 is 11.6 Å². The third-order valence-corrected chi connectivity index (χ3v) is 2.17. The fraction of sp³-hybridized carbons (Fsp3) is 0.111. The smallest absolute Gasteiger partial charge is 0.154 e. The molecule has 0 atom stereocenters. The first-order valence-corrected chi connectivity index (χ1v) is 4.24. The van der Waals surface area contributed by atoms with Crippen molar-refractivity contribution in [2.75, 3.05) is 0 Å². The Kier molecular flexibility index (Phi) is 2.02. The van der Waals surface area contributed by atoms with Crippen LogP contribution in [0, 0.1) is 0 Å². The number of fused-ring (bicyclic) bond motifs is 1. The summed E-state index contributed by atoms with van der Waals surface area (Å²) in [6.07, 6.45) is 4.77. The van der Waals surface area contributed by atoms with Gasteiger partial charge in [-0.25, -0.2) is 4.98 Å². The molecule has 2 heterocycles. The van der Waals surface area contributed by atoms with Crippen molar-refractivity contribution < 1.29 is 4.79 Å². The van der Waals surface area contributed by atoms with E-state index in [0.717, 1.165) is 17.4 Å². The van der Waals surface area contributed by atoms with Crippen molar-refractivity contribution >= 4 is 23.4 Å². The molecule has 0 aliphatic rings. The zero-order valence-electron chi connectivity index (χ0n) is 6.77. The van der Waals surface area contributed by atoms with Crippen molar-refractivity contribution in [3.8, 4) is 0 Å². The third kappa shape index (κ3) is 1.42. The molecule has 2 rings (SSSR count). The Morgan fingerprint density at radius 2 is 2.46 bits per heavy atom. The fourth-order valence-electron chi connectivity index (χ4n) is 1.22. The number of rotatable bonds is 2. The van der Waals surface area contributed by atoms with E-state index in [1.165, 1.54) is 0 Å². The lowest BCUT2D eigenvalue weighted by atomic mass is 10.2. The summed E-state index contributed by atoms with van der Waals surface area (Å²) in [5, 5.41) is 0.466. The number of aldehydes is 1. The summed E-state index contributed by atoms with van der Waals surface area (Å²) in [4.78, 5) is 14.2. The van der Waals surface area contributed by atoms with Crippen LogP contribution in [0.25, 0.3) is 5.52 Å². The van der Waals surface area contributed by atoms with E-state index in [1.807, 2.05) is 22.7 Å². The molecule has 3 nitrogen and oxygen atoms in total. The van der Waals surface area contributed by atoms with Gasteiger partial charge in [0.1, 0.15) is 12.6 Å². The van der Waals surface area contributed by atoms with E-state index in [0.29, 0.717) is 11.6 Å². The Labute approximate surface area is 80.0 Å². The lowest BCUT2D eigenvalue weighted by Gasteiger charge is -1.96. The topological polar surface area (TPSA) is 34.4 Å². The Bertz CT molecular complexity index is 450. The molecule has 0 N–H and O–H groups in total. The first-order valence-electron chi connectivity index (χ1n) is 3.86. The molecule has 0 radical (unpaired) electrons. The van der Waals surface area contributed by atoms with E-state index in [1.54, 1.807) is 6.33 Å². The molecule has 0 amide bonds. The molecule has 0 bridgehead atoms. The first-order chi connectivity index (χ1) is 6.31. The molecule has 0 fully saturated rings. The van der Waals surface area contributed by atoms with Gasteiger partial charge in [-0.3, -0.25) is 0 Å². The molecule has 2 aromatic heterocycles. The Hall–Kier alpha value is -1.35. The zero-order valence-corrected chi connectivity index (χ0v) is 7.53. The van der Waals surface area contributed by atoms with Crippen LogP contribution in [0.15, 0.2) is 24.7 Å². The molecular weight excluding hydrogens is 188 g/mol. The maximum absolute atomic E-state index is 10.3. The van der Waals surface area contributed by atoms with E-state index < -0.39 is 0 Å². The van der Waals surface area contributed by atoms with Crippen LogP contribution in [0.1, 0.15) is 5.56 Å². The quantitative estimate of drug-likeness (QED) is 0.683. The van der Waals surface area contributed by atoms with Crippen molar-refractivity contribution in [3.05, 3.63) is 35.4 Å². The number of carbonyl (C=O) groups excluding carboxylic acids is 1. The minimum atomic E-state index is 0.415. The van der Waals surface area contributed by atoms with Gasteiger partial charge in [-0.15, -0.1) is 0 Å². The molecule has 4 heteroatoms. The maximum Gasteiger partial charge on any atom is 0.154 e. The van der Waals surface area contributed by atoms with E-state index in [2.05, 4.69) is 4.98 Å². The lowest BCUT2D eigenvalue weighted by molar-refractivity contribution is -0.107. The van der Waals surface area contributed by atoms with Gasteiger partial charge >= 0.3 is 0 Å². The van der Waals surface area contributed by atoms with Gasteiger partial charge in [0, 0.05) is 12.6 Å². The minimum absolute atomic E-state index is 0.415. The Morgan fingerprint density at radius 3 is 3.23 bits per heavy atom. The van der Waals surface area contributed by atoms with E-state index in [-0.39, 0.29) is 0 Å². The predicted molar refractivity (Wildman–Crippen MR) is 50.0 cm³/mol. The highest BCUT2D eigenvalue weighted by atomic mass is 35.5. The normalized spacial score (nSPS) is 10.5. The van der Waals surface area contributed by atoms with Gasteiger partial charge in [0.25, 0.3) is 0 Å². The van der Waals surface area contributed by atoms with Gasteiger partial charge in [-0.05, 0) is 17.7 Å². The average molecular weight is 195 g/mol. The predicted octanol–water partition coefficient (Wildman–Crippen LogP) is 1.73. The number of hydrogen-bond donors (Lipinski definition) is 0. The van der Waals surface area contributed by atoms with Gasteiger partial charge in [0.05, 0.1) is 5.52 Å². The molecule has 13 heavy (non-hydrogen) atoms. The summed E-state index contributed by atoms with van der Waals surface area (Å²) in [6.45, 7) is 0. The molecule has 66 valence electrons. The molecule has 0 aliphatic heterocycles. The fourth-order valence-corrected chi connectivity index (χ4v) is 1.42. The first kappa shape index (κ1) is 8.26. The summed E-state index contributed by atoms with van der Waals surface area (Å²) < 4.78 is 1.82. The molecule has 0 spiro atoms. The van der Waals surface area contributed by atoms with E-state index in [9.17, 15) is 4.79 Å². The van der Waals surface area contributed by atoms with Crippen molar-refractivity contribution in [1.82, 2.24) is 9.38 Å². The Balaban J connectivity index is 2.58. The summed E-state index contributed by atoms with van der Waals surface area (Å²) in [5.74, 6) is 0. The highest BCUT2D eigenvalue weighted by Gasteiger charge is 2.01. The standard InChI is InChI=1S/C9H7ClN2O/c10-9-8-5-7(2-4-13)1-3-12(8)6-11-9/h1,3-6H,2H2. The summed E-state index contributed by atoms with van der Waals surface area (Å²) >= 11 is 5.82. The number of hydrogen-bond acceptors (Lipinski definition) is 2. The molecule has 2 aromatic rings. The van der Waals surface area contributed by atoms with Gasteiger partial charge in [-0.2, -0.15) is 0 Å². The third-order valence-electron chi connectivity index (χ3n) is 1.88. The van der Waals surface area contributed by atoms with E-state index in [4.69, 9.17) is 11.6 Å². The average Bonchev–Trinajstić information content (AvgIpc) is 2.49. The molecule has 0 aromatic carbocycles. The van der Waals surface area contributed by atoms with Gasteiger partial charge in [0.15, 0.2) is 5.15 Å². The van der Waals surface area contributed by atoms with Crippen molar-refractivity contribution in [2.45, 2.75) is 6.42 Å². The molecule has 0 aliphatic carbocycles. The number of imidazole rings is 1. The number of carbonyl (C=O) groups is 1. The zero-order chi connectivity index (χ0) is 9.26. The van der Waals surface area contributed by atoms with Crippen LogP contribution in [0.2, 0.25) is 5.15 Å². The van der Waals surface area contributed by atoms with Gasteiger partial charge < -0.3 is 9.20 Å². The number of aromatic nitrogens is 2. The van der Waals surface area contributed by atoms with Crippen molar-refractivity contribution in [2.24, 2.45) is 0 Å².